The van der Waals surface area contributed by atoms with Crippen molar-refractivity contribution in [2.75, 3.05) is 5.32 Å². The SMILES string of the molecule is O=C(O)c1ccc(Br)cc1NCc1ccccc1[N+](=O)[O-]. The van der Waals surface area contributed by atoms with E-state index in [9.17, 15) is 14.9 Å². The number of nitro benzene ring substituents is 1. The Labute approximate surface area is 128 Å². The summed E-state index contributed by atoms with van der Waals surface area (Å²) in [6.07, 6.45) is 0. The Bertz CT molecular complexity index is 703. The molecular formula is C14H11BrN2O4. The number of benzene rings is 2. The van der Waals surface area contributed by atoms with Crippen LogP contribution in [0.15, 0.2) is 46.9 Å². The quantitative estimate of drug-likeness (QED) is 0.633. The molecule has 0 unspecified atom stereocenters. The van der Waals surface area contributed by atoms with Crippen LogP contribution in [0.25, 0.3) is 0 Å². The van der Waals surface area contributed by atoms with E-state index >= 15 is 0 Å². The number of rotatable bonds is 5. The molecule has 0 aliphatic rings. The van der Waals surface area contributed by atoms with Gasteiger partial charge in [0.15, 0.2) is 0 Å². The van der Waals surface area contributed by atoms with Crippen LogP contribution >= 0.6 is 15.9 Å². The van der Waals surface area contributed by atoms with Crippen molar-refractivity contribution in [3.8, 4) is 0 Å². The van der Waals surface area contributed by atoms with Crippen molar-refractivity contribution in [2.24, 2.45) is 0 Å². The lowest BCUT2D eigenvalue weighted by Gasteiger charge is -2.10. The Kier molecular flexibility index (Phi) is 4.54. The molecule has 0 saturated heterocycles. The Morgan fingerprint density at radius 1 is 1.29 bits per heavy atom. The maximum Gasteiger partial charge on any atom is 0.337 e. The number of carboxylic acids is 1. The second-order valence-corrected chi connectivity index (χ2v) is 5.15. The van der Waals surface area contributed by atoms with Crippen molar-refractivity contribution in [2.45, 2.75) is 6.54 Å². The number of hydrogen-bond donors (Lipinski definition) is 2. The zero-order valence-corrected chi connectivity index (χ0v) is 12.3. The average Bonchev–Trinajstić information content (AvgIpc) is 2.45. The largest absolute Gasteiger partial charge is 0.478 e. The zero-order valence-electron chi connectivity index (χ0n) is 10.7. The fraction of sp³-hybridized carbons (Fsp3) is 0.0714. The summed E-state index contributed by atoms with van der Waals surface area (Å²) in [5.74, 6) is -1.06. The molecular weight excluding hydrogens is 340 g/mol. The lowest BCUT2D eigenvalue weighted by Crippen LogP contribution is -2.07. The first-order valence-corrected chi connectivity index (χ1v) is 6.77. The first-order chi connectivity index (χ1) is 9.99. The van der Waals surface area contributed by atoms with Gasteiger partial charge in [-0.2, -0.15) is 0 Å². The maximum atomic E-state index is 11.2. The van der Waals surface area contributed by atoms with E-state index in [4.69, 9.17) is 5.11 Å². The molecule has 0 heterocycles. The molecule has 0 spiro atoms. The van der Waals surface area contributed by atoms with Gasteiger partial charge in [0.25, 0.3) is 5.69 Å². The number of carbonyl (C=O) groups is 1. The third-order valence-electron chi connectivity index (χ3n) is 2.87. The summed E-state index contributed by atoms with van der Waals surface area (Å²) < 4.78 is 0.720. The second-order valence-electron chi connectivity index (χ2n) is 4.23. The van der Waals surface area contributed by atoms with Crippen LogP contribution < -0.4 is 5.32 Å². The molecule has 21 heavy (non-hydrogen) atoms. The Morgan fingerprint density at radius 2 is 2.00 bits per heavy atom. The molecule has 6 nitrogen and oxygen atoms in total. The summed E-state index contributed by atoms with van der Waals surface area (Å²) >= 11 is 3.27. The first kappa shape index (κ1) is 15.0. The minimum atomic E-state index is -1.06. The van der Waals surface area contributed by atoms with Crippen molar-refractivity contribution in [1.29, 1.82) is 0 Å². The highest BCUT2D eigenvalue weighted by atomic mass is 79.9. The zero-order chi connectivity index (χ0) is 15.4. The molecule has 0 fully saturated rings. The van der Waals surface area contributed by atoms with Gasteiger partial charge in [0.1, 0.15) is 0 Å². The van der Waals surface area contributed by atoms with Gasteiger partial charge in [-0.3, -0.25) is 10.1 Å². The predicted octanol–water partition coefficient (Wildman–Crippen LogP) is 3.67. The van der Waals surface area contributed by atoms with E-state index in [0.717, 1.165) is 4.47 Å². The van der Waals surface area contributed by atoms with Crippen LogP contribution in [0.3, 0.4) is 0 Å². The number of nitro groups is 1. The predicted molar refractivity (Wildman–Crippen MR) is 81.5 cm³/mol. The number of anilines is 1. The summed E-state index contributed by atoms with van der Waals surface area (Å²) in [5, 5.41) is 23.0. The van der Waals surface area contributed by atoms with Gasteiger partial charge in [-0.05, 0) is 18.2 Å². The lowest BCUT2D eigenvalue weighted by molar-refractivity contribution is -0.385. The fourth-order valence-electron chi connectivity index (χ4n) is 1.88. The summed E-state index contributed by atoms with van der Waals surface area (Å²) in [7, 11) is 0. The Hall–Kier alpha value is -2.41. The highest BCUT2D eigenvalue weighted by molar-refractivity contribution is 9.10. The molecule has 2 rings (SSSR count). The van der Waals surface area contributed by atoms with Crippen LogP contribution in [-0.2, 0) is 6.54 Å². The molecule has 0 atom stereocenters. The third kappa shape index (κ3) is 3.57. The van der Waals surface area contributed by atoms with Gasteiger partial charge in [0.05, 0.1) is 16.2 Å². The molecule has 0 saturated carbocycles. The van der Waals surface area contributed by atoms with Crippen LogP contribution in [0.4, 0.5) is 11.4 Å². The van der Waals surface area contributed by atoms with E-state index in [1.54, 1.807) is 30.3 Å². The summed E-state index contributed by atoms with van der Waals surface area (Å²) in [6.45, 7) is 0.161. The molecule has 0 aromatic heterocycles. The third-order valence-corrected chi connectivity index (χ3v) is 3.36. The van der Waals surface area contributed by atoms with Gasteiger partial charge >= 0.3 is 5.97 Å². The number of hydrogen-bond acceptors (Lipinski definition) is 4. The van der Waals surface area contributed by atoms with Crippen molar-refractivity contribution in [1.82, 2.24) is 0 Å². The lowest BCUT2D eigenvalue weighted by atomic mass is 10.1. The van der Waals surface area contributed by atoms with Crippen molar-refractivity contribution >= 4 is 33.3 Å². The van der Waals surface area contributed by atoms with E-state index < -0.39 is 10.9 Å². The molecule has 2 N–H and O–H groups in total. The topological polar surface area (TPSA) is 92.5 Å². The standard InChI is InChI=1S/C14H11BrN2O4/c15-10-5-6-11(14(18)19)12(7-10)16-8-9-3-1-2-4-13(9)17(20)21/h1-7,16H,8H2,(H,18,19). The van der Waals surface area contributed by atoms with Gasteiger partial charge < -0.3 is 10.4 Å². The summed E-state index contributed by atoms with van der Waals surface area (Å²) in [4.78, 5) is 21.6. The minimum absolute atomic E-state index is 0.00290. The van der Waals surface area contributed by atoms with Crippen LogP contribution in [0.5, 0.6) is 0 Å². The van der Waals surface area contributed by atoms with Crippen molar-refractivity contribution < 1.29 is 14.8 Å². The van der Waals surface area contributed by atoms with Gasteiger partial charge in [0.2, 0.25) is 0 Å². The second kappa shape index (κ2) is 6.36. The molecule has 0 radical (unpaired) electrons. The van der Waals surface area contributed by atoms with Crippen molar-refractivity contribution in [3.05, 3.63) is 68.2 Å². The van der Waals surface area contributed by atoms with Gasteiger partial charge in [0, 0.05) is 22.6 Å². The monoisotopic (exact) mass is 350 g/mol. The van der Waals surface area contributed by atoms with Crippen LogP contribution in [0.2, 0.25) is 0 Å². The molecule has 0 aliphatic heterocycles. The van der Waals surface area contributed by atoms with E-state index in [1.165, 1.54) is 12.1 Å². The maximum absolute atomic E-state index is 11.2. The first-order valence-electron chi connectivity index (χ1n) is 5.98. The molecule has 0 aliphatic carbocycles. The smallest absolute Gasteiger partial charge is 0.337 e. The average molecular weight is 351 g/mol. The van der Waals surface area contributed by atoms with Crippen LogP contribution in [0.1, 0.15) is 15.9 Å². The number of nitrogens with one attached hydrogen (secondary N) is 1. The van der Waals surface area contributed by atoms with E-state index in [0.29, 0.717) is 11.3 Å². The van der Waals surface area contributed by atoms with Gasteiger partial charge in [-0.25, -0.2) is 4.79 Å². The molecule has 0 bridgehead atoms. The minimum Gasteiger partial charge on any atom is -0.478 e. The van der Waals surface area contributed by atoms with Gasteiger partial charge in [-0.15, -0.1) is 0 Å². The van der Waals surface area contributed by atoms with E-state index in [1.807, 2.05) is 0 Å². The van der Waals surface area contributed by atoms with Crippen molar-refractivity contribution in [3.63, 3.8) is 0 Å². The van der Waals surface area contributed by atoms with E-state index in [-0.39, 0.29) is 17.8 Å². The molecule has 108 valence electrons. The van der Waals surface area contributed by atoms with Gasteiger partial charge in [-0.1, -0.05) is 34.1 Å². The highest BCUT2D eigenvalue weighted by Crippen LogP contribution is 2.24. The molecule has 0 amide bonds. The molecule has 7 heteroatoms. The number of halogens is 1. The number of carboxylic acid groups (broad SMARTS) is 1. The summed E-state index contributed by atoms with van der Waals surface area (Å²) in [6, 6.07) is 11.0. The Balaban J connectivity index is 2.27. The Morgan fingerprint density at radius 3 is 2.67 bits per heavy atom. The normalized spacial score (nSPS) is 10.1. The van der Waals surface area contributed by atoms with E-state index in [2.05, 4.69) is 21.2 Å². The van der Waals surface area contributed by atoms with Crippen LogP contribution in [-0.4, -0.2) is 16.0 Å². The molecule has 2 aromatic carbocycles. The summed E-state index contributed by atoms with van der Waals surface area (Å²) in [5.41, 5.74) is 0.988. The molecule has 2 aromatic rings. The highest BCUT2D eigenvalue weighted by Gasteiger charge is 2.14. The number of para-hydroxylation sites is 1. The fourth-order valence-corrected chi connectivity index (χ4v) is 2.24. The number of nitrogens with zero attached hydrogens (tertiary/aromatic N) is 1. The van der Waals surface area contributed by atoms with Crippen LogP contribution in [0, 0.1) is 10.1 Å². The number of aromatic carboxylic acids is 1.